The molecule has 8 atom stereocenters. The minimum absolute atomic E-state index is 0.0456. The van der Waals surface area contributed by atoms with Gasteiger partial charge in [-0.2, -0.15) is 0 Å². The molecule has 0 unspecified atom stereocenters. The first kappa shape index (κ1) is 25.6. The Kier molecular flexibility index (Phi) is 10.2. The van der Waals surface area contributed by atoms with Crippen molar-refractivity contribution in [2.24, 2.45) is 0 Å². The summed E-state index contributed by atoms with van der Waals surface area (Å²) in [5, 5.41) is 4.90. The Hall–Kier alpha value is -1.70. The molecule has 0 spiro atoms. The molecule has 4 N–H and O–H groups in total. The number of urea groups is 2. The average Bonchev–Trinajstić information content (AvgIpc) is 2.71. The van der Waals surface area contributed by atoms with Crippen molar-refractivity contribution in [3.05, 3.63) is 0 Å². The summed E-state index contributed by atoms with van der Waals surface area (Å²) in [6, 6.07) is -1.24. The SMILES string of the molecule is CO[C@H]1C[C@H](C)O[C@@H](C)[C@H]1ONC(=O)NCNC(=O)NO[C@@H]1[C@H](C)O[C@@H](C)C[C@@H]1OC. The number of methoxy groups -OCH3 is 2. The van der Waals surface area contributed by atoms with Crippen LogP contribution in [-0.4, -0.2) is 81.8 Å². The molecule has 2 aliphatic heterocycles. The molecule has 180 valence electrons. The van der Waals surface area contributed by atoms with Crippen molar-refractivity contribution in [3.63, 3.8) is 0 Å². The maximum absolute atomic E-state index is 11.9. The van der Waals surface area contributed by atoms with Gasteiger partial charge in [-0.25, -0.2) is 20.5 Å². The number of hydrogen-bond donors (Lipinski definition) is 4. The first-order valence-corrected chi connectivity index (χ1v) is 10.5. The lowest BCUT2D eigenvalue weighted by molar-refractivity contribution is -0.199. The van der Waals surface area contributed by atoms with Gasteiger partial charge in [-0.1, -0.05) is 0 Å². The summed E-state index contributed by atoms with van der Waals surface area (Å²) in [6.45, 7) is 7.47. The average molecular weight is 449 g/mol. The van der Waals surface area contributed by atoms with E-state index in [9.17, 15) is 9.59 Å². The lowest BCUT2D eigenvalue weighted by Crippen LogP contribution is -2.54. The zero-order chi connectivity index (χ0) is 23.0. The lowest BCUT2D eigenvalue weighted by atomic mass is 9.99. The molecular formula is C19H36N4O8. The van der Waals surface area contributed by atoms with E-state index in [1.54, 1.807) is 14.2 Å². The molecule has 2 aliphatic rings. The Morgan fingerprint density at radius 1 is 0.774 bits per heavy atom. The Bertz CT molecular complexity index is 535. The van der Waals surface area contributed by atoms with Crippen LogP contribution < -0.4 is 21.6 Å². The summed E-state index contributed by atoms with van der Waals surface area (Å²) in [7, 11) is 3.18. The summed E-state index contributed by atoms with van der Waals surface area (Å²) in [4.78, 5) is 34.7. The molecule has 0 aromatic carbocycles. The van der Waals surface area contributed by atoms with Crippen molar-refractivity contribution in [1.29, 1.82) is 0 Å². The number of rotatable bonds is 8. The predicted molar refractivity (Wildman–Crippen MR) is 109 cm³/mol. The standard InChI is InChI=1S/C19H36N4O8/c1-10-7-14(26-5)16(12(3)28-10)30-22-18(24)20-9-21-19(25)23-31-17-13(4)29-11(2)8-15(17)27-6/h10-17H,7-9H2,1-6H3,(H2,20,22,24)(H2,21,23,25)/t10-,11-,12-,13-,14-,15-,16+,17+/m0/s1. The van der Waals surface area contributed by atoms with Crippen LogP contribution in [0.2, 0.25) is 0 Å². The highest BCUT2D eigenvalue weighted by Crippen LogP contribution is 2.24. The van der Waals surface area contributed by atoms with E-state index in [-0.39, 0.29) is 43.3 Å². The largest absolute Gasteiger partial charge is 0.378 e. The molecule has 0 radical (unpaired) electrons. The fourth-order valence-electron chi connectivity index (χ4n) is 3.85. The molecule has 2 saturated heterocycles. The molecular weight excluding hydrogens is 412 g/mol. The van der Waals surface area contributed by atoms with Gasteiger partial charge in [0.05, 0.1) is 43.3 Å². The smallest absolute Gasteiger partial charge is 0.340 e. The van der Waals surface area contributed by atoms with Crippen LogP contribution in [0.15, 0.2) is 0 Å². The fourth-order valence-corrected chi connectivity index (χ4v) is 3.85. The number of nitrogens with one attached hydrogen (secondary N) is 4. The number of ether oxygens (including phenoxy) is 4. The molecule has 2 heterocycles. The molecule has 31 heavy (non-hydrogen) atoms. The van der Waals surface area contributed by atoms with E-state index in [4.69, 9.17) is 28.6 Å². The van der Waals surface area contributed by atoms with Crippen LogP contribution in [0, 0.1) is 0 Å². The van der Waals surface area contributed by atoms with Crippen molar-refractivity contribution < 1.29 is 38.2 Å². The normalized spacial score (nSPS) is 35.8. The first-order valence-electron chi connectivity index (χ1n) is 10.5. The van der Waals surface area contributed by atoms with E-state index in [0.29, 0.717) is 12.8 Å². The van der Waals surface area contributed by atoms with Crippen molar-refractivity contribution in [2.45, 2.75) is 89.4 Å². The van der Waals surface area contributed by atoms with Gasteiger partial charge in [-0.05, 0) is 27.7 Å². The van der Waals surface area contributed by atoms with Gasteiger partial charge in [0, 0.05) is 27.1 Å². The number of carbonyl (C=O) groups is 2. The predicted octanol–water partition coefficient (Wildman–Crippen LogP) is 0.567. The van der Waals surface area contributed by atoms with Crippen LogP contribution in [0.4, 0.5) is 9.59 Å². The quantitative estimate of drug-likeness (QED) is 0.312. The Labute approximate surface area is 182 Å². The van der Waals surface area contributed by atoms with E-state index >= 15 is 0 Å². The highest BCUT2D eigenvalue weighted by molar-refractivity contribution is 5.75. The van der Waals surface area contributed by atoms with Gasteiger partial charge in [-0.3, -0.25) is 9.68 Å². The van der Waals surface area contributed by atoms with Gasteiger partial charge in [0.25, 0.3) is 0 Å². The third-order valence-corrected chi connectivity index (χ3v) is 5.36. The van der Waals surface area contributed by atoms with Gasteiger partial charge >= 0.3 is 12.1 Å². The zero-order valence-electron chi connectivity index (χ0n) is 19.0. The molecule has 12 heteroatoms. The number of amides is 4. The Balaban J connectivity index is 1.65. The second kappa shape index (κ2) is 12.4. The van der Waals surface area contributed by atoms with Gasteiger partial charge in [0.15, 0.2) is 0 Å². The van der Waals surface area contributed by atoms with Gasteiger partial charge < -0.3 is 29.6 Å². The molecule has 0 aliphatic carbocycles. The molecule has 0 bridgehead atoms. The summed E-state index contributed by atoms with van der Waals surface area (Å²) >= 11 is 0. The van der Waals surface area contributed by atoms with E-state index in [1.807, 2.05) is 27.7 Å². The summed E-state index contributed by atoms with van der Waals surface area (Å²) in [5.41, 5.74) is 4.59. The minimum Gasteiger partial charge on any atom is -0.378 e. The van der Waals surface area contributed by atoms with E-state index in [0.717, 1.165) is 0 Å². The molecule has 4 amide bonds. The summed E-state index contributed by atoms with van der Waals surface area (Å²) in [5.74, 6) is 0. The highest BCUT2D eigenvalue weighted by Gasteiger charge is 2.37. The van der Waals surface area contributed by atoms with Crippen LogP contribution in [0.5, 0.6) is 0 Å². The number of hydroxylamine groups is 2. The lowest BCUT2D eigenvalue weighted by Gasteiger charge is -2.38. The van der Waals surface area contributed by atoms with Crippen LogP contribution in [-0.2, 0) is 28.6 Å². The molecule has 2 rings (SSSR count). The first-order chi connectivity index (χ1) is 14.7. The molecule has 12 nitrogen and oxygen atoms in total. The van der Waals surface area contributed by atoms with Gasteiger partial charge in [0.1, 0.15) is 12.2 Å². The molecule has 0 aromatic rings. The van der Waals surface area contributed by atoms with Crippen LogP contribution >= 0.6 is 0 Å². The van der Waals surface area contributed by atoms with Crippen LogP contribution in [0.1, 0.15) is 40.5 Å². The third kappa shape index (κ3) is 7.74. The van der Waals surface area contributed by atoms with Crippen molar-refractivity contribution in [1.82, 2.24) is 21.6 Å². The van der Waals surface area contributed by atoms with Gasteiger partial charge in [0.2, 0.25) is 0 Å². The number of carbonyl (C=O) groups excluding carboxylic acids is 2. The fraction of sp³-hybridized carbons (Fsp3) is 0.895. The highest BCUT2D eigenvalue weighted by atomic mass is 16.7. The van der Waals surface area contributed by atoms with E-state index in [1.165, 1.54) is 0 Å². The molecule has 0 aromatic heterocycles. The Morgan fingerprint density at radius 3 is 1.52 bits per heavy atom. The second-order valence-corrected chi connectivity index (χ2v) is 7.88. The number of hydrogen-bond acceptors (Lipinski definition) is 8. The Morgan fingerprint density at radius 2 is 1.16 bits per heavy atom. The van der Waals surface area contributed by atoms with E-state index in [2.05, 4.69) is 21.6 Å². The van der Waals surface area contributed by atoms with Crippen molar-refractivity contribution in [3.8, 4) is 0 Å². The van der Waals surface area contributed by atoms with Gasteiger partial charge in [-0.15, -0.1) is 0 Å². The maximum atomic E-state index is 11.9. The van der Waals surface area contributed by atoms with Crippen LogP contribution in [0.3, 0.4) is 0 Å². The van der Waals surface area contributed by atoms with Crippen molar-refractivity contribution >= 4 is 12.1 Å². The third-order valence-electron chi connectivity index (χ3n) is 5.36. The summed E-state index contributed by atoms with van der Waals surface area (Å²) in [6.07, 6.45) is -0.404. The summed E-state index contributed by atoms with van der Waals surface area (Å²) < 4.78 is 22.3. The minimum atomic E-state index is -0.621. The topological polar surface area (TPSA) is 138 Å². The second-order valence-electron chi connectivity index (χ2n) is 7.88. The van der Waals surface area contributed by atoms with E-state index < -0.39 is 24.3 Å². The monoisotopic (exact) mass is 448 g/mol. The maximum Gasteiger partial charge on any atom is 0.340 e. The molecule has 0 saturated carbocycles. The van der Waals surface area contributed by atoms with Crippen molar-refractivity contribution in [2.75, 3.05) is 20.9 Å². The molecule has 2 fully saturated rings. The van der Waals surface area contributed by atoms with Crippen LogP contribution in [0.25, 0.3) is 0 Å². The zero-order valence-corrected chi connectivity index (χ0v) is 19.0.